The lowest BCUT2D eigenvalue weighted by Crippen LogP contribution is -2.17. The van der Waals surface area contributed by atoms with Gasteiger partial charge in [-0.05, 0) is 42.3 Å². The van der Waals surface area contributed by atoms with E-state index >= 15 is 0 Å². The van der Waals surface area contributed by atoms with Crippen LogP contribution in [0.25, 0.3) is 11.0 Å². The second-order valence-corrected chi connectivity index (χ2v) is 5.55. The van der Waals surface area contributed by atoms with E-state index in [-0.39, 0.29) is 11.7 Å². The molecule has 21 heavy (non-hydrogen) atoms. The van der Waals surface area contributed by atoms with Crippen LogP contribution < -0.4 is 11.0 Å². The lowest BCUT2D eigenvalue weighted by atomic mass is 10.1. The molecule has 0 aliphatic carbocycles. The van der Waals surface area contributed by atoms with E-state index in [0.717, 1.165) is 28.2 Å². The Hall–Kier alpha value is -2.04. The summed E-state index contributed by atoms with van der Waals surface area (Å²) in [4.78, 5) is 16.8. The van der Waals surface area contributed by atoms with Gasteiger partial charge in [0.05, 0.1) is 11.0 Å². The second-order valence-electron chi connectivity index (χ2n) is 5.11. The van der Waals surface area contributed by atoms with Crippen molar-refractivity contribution in [3.05, 3.63) is 69.1 Å². The number of fused-ring (bicyclic) bond motifs is 1. The van der Waals surface area contributed by atoms with Crippen molar-refractivity contribution in [3.8, 4) is 0 Å². The highest BCUT2D eigenvalue weighted by molar-refractivity contribution is 6.30. The molecule has 1 heterocycles. The lowest BCUT2D eigenvalue weighted by Gasteiger charge is -2.14. The third-order valence-corrected chi connectivity index (χ3v) is 3.82. The molecule has 0 amide bonds. The number of benzene rings is 2. The number of hydrogen-bond donors (Lipinski definition) is 3. The summed E-state index contributed by atoms with van der Waals surface area (Å²) in [6, 6.07) is 13.9. The van der Waals surface area contributed by atoms with Crippen LogP contribution in [0.4, 0.5) is 0 Å². The van der Waals surface area contributed by atoms with Crippen molar-refractivity contribution < 1.29 is 0 Å². The Labute approximate surface area is 127 Å². The topological polar surface area (TPSA) is 60.7 Å². The quantitative estimate of drug-likeness (QED) is 0.692. The van der Waals surface area contributed by atoms with Crippen molar-refractivity contribution in [1.82, 2.24) is 15.3 Å². The summed E-state index contributed by atoms with van der Waals surface area (Å²) in [7, 11) is 0. The first-order valence-corrected chi connectivity index (χ1v) is 7.19. The summed E-state index contributed by atoms with van der Waals surface area (Å²) in [6.45, 7) is 2.86. The van der Waals surface area contributed by atoms with E-state index in [1.165, 1.54) is 5.56 Å². The molecular formula is C16H16ClN3O. The number of aromatic amines is 2. The summed E-state index contributed by atoms with van der Waals surface area (Å²) in [5, 5.41) is 4.20. The summed E-state index contributed by atoms with van der Waals surface area (Å²) in [5.74, 6) is 0. The minimum Gasteiger partial charge on any atom is -0.306 e. The van der Waals surface area contributed by atoms with Crippen molar-refractivity contribution in [1.29, 1.82) is 0 Å². The normalized spacial score (nSPS) is 12.7. The minimum absolute atomic E-state index is 0.177. The van der Waals surface area contributed by atoms with Crippen LogP contribution in [0.2, 0.25) is 5.02 Å². The molecule has 0 fully saturated rings. The number of rotatable bonds is 4. The Morgan fingerprint density at radius 2 is 1.81 bits per heavy atom. The number of H-pyrrole nitrogens is 2. The van der Waals surface area contributed by atoms with Gasteiger partial charge < -0.3 is 15.3 Å². The van der Waals surface area contributed by atoms with Crippen LogP contribution in [-0.2, 0) is 6.54 Å². The maximum Gasteiger partial charge on any atom is 0.323 e. The highest BCUT2D eigenvalue weighted by atomic mass is 35.5. The molecule has 0 saturated carbocycles. The minimum atomic E-state index is -0.177. The number of nitrogens with one attached hydrogen (secondary N) is 3. The Morgan fingerprint density at radius 1 is 1.10 bits per heavy atom. The molecule has 1 aromatic heterocycles. The smallest absolute Gasteiger partial charge is 0.306 e. The summed E-state index contributed by atoms with van der Waals surface area (Å²) in [6.07, 6.45) is 0. The Morgan fingerprint density at radius 3 is 2.57 bits per heavy atom. The van der Waals surface area contributed by atoms with Crippen LogP contribution >= 0.6 is 11.6 Å². The fourth-order valence-electron chi connectivity index (χ4n) is 2.31. The largest absolute Gasteiger partial charge is 0.323 e. The highest BCUT2D eigenvalue weighted by Crippen LogP contribution is 2.18. The molecule has 0 aliphatic rings. The molecule has 0 bridgehead atoms. The summed E-state index contributed by atoms with van der Waals surface area (Å²) >= 11 is 5.88. The first-order valence-electron chi connectivity index (χ1n) is 6.81. The number of imidazole rings is 1. The summed E-state index contributed by atoms with van der Waals surface area (Å²) < 4.78 is 0. The maximum absolute atomic E-state index is 11.3. The van der Waals surface area contributed by atoms with Crippen molar-refractivity contribution >= 4 is 22.6 Å². The molecule has 0 aliphatic heterocycles. The SMILES string of the molecule is CC(NCc1ccc(Cl)cc1)c1ccc2[nH]c(=O)[nH]c2c1. The van der Waals surface area contributed by atoms with E-state index in [0.29, 0.717) is 0 Å². The molecule has 3 aromatic rings. The molecule has 108 valence electrons. The van der Waals surface area contributed by atoms with Crippen LogP contribution in [0.5, 0.6) is 0 Å². The van der Waals surface area contributed by atoms with E-state index < -0.39 is 0 Å². The summed E-state index contributed by atoms with van der Waals surface area (Å²) in [5.41, 5.74) is 3.80. The first-order chi connectivity index (χ1) is 10.1. The van der Waals surface area contributed by atoms with E-state index in [1.807, 2.05) is 42.5 Å². The van der Waals surface area contributed by atoms with E-state index in [2.05, 4.69) is 22.2 Å². The molecule has 3 rings (SSSR count). The third kappa shape index (κ3) is 3.17. The van der Waals surface area contributed by atoms with Crippen LogP contribution in [0.15, 0.2) is 47.3 Å². The molecule has 1 unspecified atom stereocenters. The van der Waals surface area contributed by atoms with Gasteiger partial charge in [0.1, 0.15) is 0 Å². The van der Waals surface area contributed by atoms with Crippen molar-refractivity contribution in [2.75, 3.05) is 0 Å². The van der Waals surface area contributed by atoms with Crippen molar-refractivity contribution in [3.63, 3.8) is 0 Å². The van der Waals surface area contributed by atoms with E-state index in [9.17, 15) is 4.79 Å². The zero-order valence-corrected chi connectivity index (χ0v) is 12.4. The molecular weight excluding hydrogens is 286 g/mol. The molecule has 2 aromatic carbocycles. The van der Waals surface area contributed by atoms with Gasteiger partial charge in [0.15, 0.2) is 0 Å². The van der Waals surface area contributed by atoms with Gasteiger partial charge in [-0.3, -0.25) is 0 Å². The van der Waals surface area contributed by atoms with Gasteiger partial charge in [-0.25, -0.2) is 4.79 Å². The first kappa shape index (κ1) is 13.9. The van der Waals surface area contributed by atoms with Gasteiger partial charge in [-0.15, -0.1) is 0 Å². The second kappa shape index (κ2) is 5.76. The van der Waals surface area contributed by atoms with Crippen LogP contribution in [0.1, 0.15) is 24.1 Å². The highest BCUT2D eigenvalue weighted by Gasteiger charge is 2.07. The van der Waals surface area contributed by atoms with Crippen LogP contribution in [0, 0.1) is 0 Å². The molecule has 0 saturated heterocycles. The average molecular weight is 302 g/mol. The van der Waals surface area contributed by atoms with Crippen molar-refractivity contribution in [2.45, 2.75) is 19.5 Å². The average Bonchev–Trinajstić information content (AvgIpc) is 2.85. The molecule has 1 atom stereocenters. The molecule has 3 N–H and O–H groups in total. The zero-order chi connectivity index (χ0) is 14.8. The van der Waals surface area contributed by atoms with Crippen molar-refractivity contribution in [2.24, 2.45) is 0 Å². The van der Waals surface area contributed by atoms with Gasteiger partial charge in [0, 0.05) is 17.6 Å². The Kier molecular flexibility index (Phi) is 3.82. The monoisotopic (exact) mass is 301 g/mol. The van der Waals surface area contributed by atoms with Gasteiger partial charge in [-0.1, -0.05) is 29.8 Å². The molecule has 0 radical (unpaired) electrons. The molecule has 5 heteroatoms. The van der Waals surface area contributed by atoms with Gasteiger partial charge in [-0.2, -0.15) is 0 Å². The fourth-order valence-corrected chi connectivity index (χ4v) is 2.44. The third-order valence-electron chi connectivity index (χ3n) is 3.57. The predicted octanol–water partition coefficient (Wildman–Crippen LogP) is 3.36. The lowest BCUT2D eigenvalue weighted by molar-refractivity contribution is 0.575. The number of halogens is 1. The number of aromatic nitrogens is 2. The van der Waals surface area contributed by atoms with Gasteiger partial charge in [0.25, 0.3) is 0 Å². The Balaban J connectivity index is 1.72. The molecule has 4 nitrogen and oxygen atoms in total. The molecule has 0 spiro atoms. The maximum atomic E-state index is 11.3. The van der Waals surface area contributed by atoms with Gasteiger partial charge >= 0.3 is 5.69 Å². The van der Waals surface area contributed by atoms with E-state index in [4.69, 9.17) is 11.6 Å². The number of hydrogen-bond acceptors (Lipinski definition) is 2. The van der Waals surface area contributed by atoms with Crippen LogP contribution in [0.3, 0.4) is 0 Å². The Bertz CT molecular complexity index is 804. The van der Waals surface area contributed by atoms with Gasteiger partial charge in [0.2, 0.25) is 0 Å². The fraction of sp³-hybridized carbons (Fsp3) is 0.188. The standard InChI is InChI=1S/C16H16ClN3O/c1-10(18-9-11-2-5-13(17)6-3-11)12-4-7-14-15(8-12)20-16(21)19-14/h2-8,10,18H,9H2,1H3,(H2,19,20,21). The van der Waals surface area contributed by atoms with Crippen LogP contribution in [-0.4, -0.2) is 9.97 Å². The van der Waals surface area contributed by atoms with E-state index in [1.54, 1.807) is 0 Å². The predicted molar refractivity (Wildman–Crippen MR) is 85.6 cm³/mol. The zero-order valence-electron chi connectivity index (χ0n) is 11.6.